The molecule has 0 aliphatic rings. The molecule has 0 saturated heterocycles. The molecule has 0 saturated carbocycles. The van der Waals surface area contributed by atoms with Crippen LogP contribution in [0.25, 0.3) is 0 Å². The molecule has 0 bridgehead atoms. The second-order valence-corrected chi connectivity index (χ2v) is 7.36. The molecule has 8 heteroatoms. The predicted octanol–water partition coefficient (Wildman–Crippen LogP) is 0.748. The van der Waals surface area contributed by atoms with Gasteiger partial charge in [0.25, 0.3) is 5.56 Å². The Balaban J connectivity index is 3.27. The molecule has 19 heavy (non-hydrogen) atoms. The Kier molecular flexibility index (Phi) is 4.98. The molecule has 1 aromatic heterocycles. The number of aromatic amines is 1. The largest absolute Gasteiger partial charge is 0.329 e. The number of hydrogen-bond acceptors (Lipinski definition) is 4. The van der Waals surface area contributed by atoms with Gasteiger partial charge in [-0.1, -0.05) is 32.4 Å². The molecule has 108 valence electrons. The number of rotatable bonds is 5. The van der Waals surface area contributed by atoms with Crippen molar-refractivity contribution in [3.8, 4) is 0 Å². The van der Waals surface area contributed by atoms with E-state index in [0.717, 1.165) is 4.57 Å². The van der Waals surface area contributed by atoms with Crippen LogP contribution in [0.15, 0.2) is 9.59 Å². The van der Waals surface area contributed by atoms with Crippen molar-refractivity contribution in [2.75, 3.05) is 11.5 Å². The monoisotopic (exact) mass is 308 g/mol. The second-order valence-electron chi connectivity index (χ2n) is 4.51. The van der Waals surface area contributed by atoms with Crippen LogP contribution in [0, 0.1) is 0 Å². The number of nitrogens with one attached hydrogen (secondary N) is 1. The maximum atomic E-state index is 12.1. The molecule has 1 rings (SSSR count). The lowest BCUT2D eigenvalue weighted by molar-refractivity contribution is 0.582. The van der Waals surface area contributed by atoms with E-state index in [1.165, 1.54) is 6.92 Å². The van der Waals surface area contributed by atoms with E-state index in [1.807, 2.05) is 0 Å². The van der Waals surface area contributed by atoms with Crippen LogP contribution in [0.2, 0.25) is 5.15 Å². The summed E-state index contributed by atoms with van der Waals surface area (Å²) in [5, 5.41) is 0.0135. The van der Waals surface area contributed by atoms with Crippen LogP contribution in [0.1, 0.15) is 32.3 Å². The lowest BCUT2D eigenvalue weighted by atomic mass is 10.1. The Morgan fingerprint density at radius 2 is 1.89 bits per heavy atom. The fourth-order valence-corrected chi connectivity index (χ4v) is 2.77. The van der Waals surface area contributed by atoms with Gasteiger partial charge in [-0.25, -0.2) is 13.2 Å². The van der Waals surface area contributed by atoms with Crippen LogP contribution in [0.5, 0.6) is 0 Å². The first-order valence-corrected chi connectivity index (χ1v) is 8.12. The first-order valence-electron chi connectivity index (χ1n) is 5.92. The van der Waals surface area contributed by atoms with Crippen LogP contribution in [-0.2, 0) is 16.4 Å². The van der Waals surface area contributed by atoms with Gasteiger partial charge in [0.15, 0.2) is 9.84 Å². The van der Waals surface area contributed by atoms with Crippen LogP contribution in [-0.4, -0.2) is 29.5 Å². The third kappa shape index (κ3) is 3.70. The van der Waals surface area contributed by atoms with Crippen molar-refractivity contribution in [3.63, 3.8) is 0 Å². The Bertz CT molecular complexity index is 673. The summed E-state index contributed by atoms with van der Waals surface area (Å²) >= 11 is 5.83. The van der Waals surface area contributed by atoms with E-state index in [4.69, 9.17) is 11.6 Å². The fraction of sp³-hybridized carbons (Fsp3) is 0.636. The van der Waals surface area contributed by atoms with E-state index in [0.29, 0.717) is 0 Å². The summed E-state index contributed by atoms with van der Waals surface area (Å²) in [7, 11) is -3.24. The van der Waals surface area contributed by atoms with E-state index in [-0.39, 0.29) is 34.7 Å². The van der Waals surface area contributed by atoms with Crippen LogP contribution in [0.4, 0.5) is 0 Å². The molecular formula is C11H17ClN2O4S. The molecule has 1 heterocycles. The number of H-pyrrole nitrogens is 1. The van der Waals surface area contributed by atoms with Crippen LogP contribution in [0.3, 0.4) is 0 Å². The van der Waals surface area contributed by atoms with Gasteiger partial charge >= 0.3 is 5.69 Å². The summed E-state index contributed by atoms with van der Waals surface area (Å²) in [5.41, 5.74) is -0.934. The topological polar surface area (TPSA) is 89.0 Å². The molecule has 1 N–H and O–H groups in total. The van der Waals surface area contributed by atoms with Gasteiger partial charge in [0.2, 0.25) is 0 Å². The van der Waals surface area contributed by atoms with Crippen molar-refractivity contribution in [1.29, 1.82) is 0 Å². The van der Waals surface area contributed by atoms with Crippen molar-refractivity contribution in [1.82, 2.24) is 9.55 Å². The van der Waals surface area contributed by atoms with Gasteiger partial charge in [-0.2, -0.15) is 0 Å². The third-order valence-electron chi connectivity index (χ3n) is 2.82. The van der Waals surface area contributed by atoms with Crippen molar-refractivity contribution < 1.29 is 8.42 Å². The quantitative estimate of drug-likeness (QED) is 0.813. The summed E-state index contributed by atoms with van der Waals surface area (Å²) < 4.78 is 23.7. The number of hydrogen-bond donors (Lipinski definition) is 1. The zero-order chi connectivity index (χ0) is 14.8. The van der Waals surface area contributed by atoms with E-state index in [9.17, 15) is 18.0 Å². The first-order chi connectivity index (χ1) is 8.69. The first kappa shape index (κ1) is 16.0. The fourth-order valence-electron chi connectivity index (χ4n) is 1.64. The molecule has 1 aromatic rings. The predicted molar refractivity (Wildman–Crippen MR) is 74.7 cm³/mol. The van der Waals surface area contributed by atoms with Crippen molar-refractivity contribution in [3.05, 3.63) is 31.6 Å². The van der Waals surface area contributed by atoms with Crippen LogP contribution < -0.4 is 11.2 Å². The van der Waals surface area contributed by atoms with Gasteiger partial charge in [-0.3, -0.25) is 14.3 Å². The van der Waals surface area contributed by atoms with Crippen molar-refractivity contribution in [2.45, 2.75) is 33.2 Å². The average molecular weight is 309 g/mol. The normalized spacial score (nSPS) is 12.1. The highest BCUT2D eigenvalue weighted by molar-refractivity contribution is 7.91. The average Bonchev–Trinajstić information content (AvgIpc) is 2.27. The summed E-state index contributed by atoms with van der Waals surface area (Å²) in [6.45, 7) is 4.90. The molecule has 0 aliphatic heterocycles. The van der Waals surface area contributed by atoms with Gasteiger partial charge in [0.1, 0.15) is 5.15 Å². The molecule has 0 unspecified atom stereocenters. The molecular weight excluding hydrogens is 292 g/mol. The SMILES string of the molecule is CCS(=O)(=O)CCn1c(=O)[nH]c(Cl)c(C(C)C)c1=O. The Labute approximate surface area is 116 Å². The molecule has 0 fully saturated rings. The Morgan fingerprint density at radius 1 is 1.32 bits per heavy atom. The minimum Gasteiger partial charge on any atom is -0.297 e. The van der Waals surface area contributed by atoms with Gasteiger partial charge < -0.3 is 0 Å². The highest BCUT2D eigenvalue weighted by atomic mass is 35.5. The van der Waals surface area contributed by atoms with Gasteiger partial charge in [0, 0.05) is 12.3 Å². The maximum absolute atomic E-state index is 12.1. The summed E-state index contributed by atoms with van der Waals surface area (Å²) in [6, 6.07) is 0. The van der Waals surface area contributed by atoms with E-state index >= 15 is 0 Å². The Hall–Kier alpha value is -1.08. The Morgan fingerprint density at radius 3 is 2.37 bits per heavy atom. The van der Waals surface area contributed by atoms with E-state index in [1.54, 1.807) is 13.8 Å². The van der Waals surface area contributed by atoms with Crippen LogP contribution >= 0.6 is 11.6 Å². The molecule has 0 amide bonds. The summed E-state index contributed by atoms with van der Waals surface area (Å²) in [5.74, 6) is -0.429. The zero-order valence-electron chi connectivity index (χ0n) is 11.1. The lowest BCUT2D eigenvalue weighted by Gasteiger charge is -2.11. The maximum Gasteiger partial charge on any atom is 0.329 e. The molecule has 0 atom stereocenters. The number of nitrogens with zero attached hydrogens (tertiary/aromatic N) is 1. The third-order valence-corrected chi connectivity index (χ3v) is 4.80. The number of halogens is 1. The number of aromatic nitrogens is 2. The second kappa shape index (κ2) is 5.92. The summed E-state index contributed by atoms with van der Waals surface area (Å²) in [6.07, 6.45) is 0. The van der Waals surface area contributed by atoms with E-state index in [2.05, 4.69) is 4.98 Å². The molecule has 0 radical (unpaired) electrons. The molecule has 0 aliphatic carbocycles. The van der Waals surface area contributed by atoms with Gasteiger partial charge in [0.05, 0.1) is 11.3 Å². The smallest absolute Gasteiger partial charge is 0.297 e. The molecule has 0 aromatic carbocycles. The summed E-state index contributed by atoms with van der Waals surface area (Å²) in [4.78, 5) is 26.2. The standard InChI is InChI=1S/C11H17ClN2O4S/c1-4-19(17,18)6-5-14-10(15)8(7(2)3)9(12)13-11(14)16/h7H,4-6H2,1-3H3,(H,13,16). The zero-order valence-corrected chi connectivity index (χ0v) is 12.6. The highest BCUT2D eigenvalue weighted by Gasteiger charge is 2.17. The minimum absolute atomic E-state index is 0.0135. The molecule has 6 nitrogen and oxygen atoms in total. The minimum atomic E-state index is -3.24. The van der Waals surface area contributed by atoms with E-state index < -0.39 is 21.1 Å². The van der Waals surface area contributed by atoms with Gasteiger partial charge in [-0.15, -0.1) is 0 Å². The molecule has 0 spiro atoms. The van der Waals surface area contributed by atoms with Crippen molar-refractivity contribution in [2.24, 2.45) is 0 Å². The van der Waals surface area contributed by atoms with Crippen molar-refractivity contribution >= 4 is 21.4 Å². The lowest BCUT2D eigenvalue weighted by Crippen LogP contribution is -2.39. The highest BCUT2D eigenvalue weighted by Crippen LogP contribution is 2.16. The number of sulfone groups is 1. The van der Waals surface area contributed by atoms with Gasteiger partial charge in [-0.05, 0) is 5.92 Å².